The van der Waals surface area contributed by atoms with E-state index in [1.54, 1.807) is 42.5 Å². The third-order valence-corrected chi connectivity index (χ3v) is 7.03. The summed E-state index contributed by atoms with van der Waals surface area (Å²) in [7, 11) is 0. The average molecular weight is 528 g/mol. The van der Waals surface area contributed by atoms with Gasteiger partial charge in [0.25, 0.3) is 5.91 Å². The first-order valence-corrected chi connectivity index (χ1v) is 11.8. The zero-order valence-corrected chi connectivity index (χ0v) is 20.0. The summed E-state index contributed by atoms with van der Waals surface area (Å²) in [5.41, 5.74) is 2.41. The molecule has 2 aliphatic heterocycles. The van der Waals surface area contributed by atoms with Crippen molar-refractivity contribution in [2.24, 2.45) is 11.8 Å². The normalized spacial score (nSPS) is 19.0. The van der Waals surface area contributed by atoms with Crippen LogP contribution in [0.2, 0.25) is 10.0 Å². The standard InChI is InChI=1S/C25H22Cl2F3NO4/c26-21-11-16(12-22(27)20(21)10-17-9-19(13-32)35-24(17)34)14-1-3-15(4-2-14)23(33)31-7-5-18(6-8-31)25(28,29)30/h1-4,9,11-12,17-18,32H,5-8,10,13H2/t17-/m0/s1. The van der Waals surface area contributed by atoms with Crippen molar-refractivity contribution in [2.45, 2.75) is 25.4 Å². The molecule has 2 aromatic rings. The number of aliphatic hydroxyl groups is 1. The van der Waals surface area contributed by atoms with Crippen molar-refractivity contribution in [1.29, 1.82) is 0 Å². The first-order chi connectivity index (χ1) is 16.6. The minimum Gasteiger partial charge on any atom is -0.428 e. The molecule has 4 rings (SSSR count). The molecule has 186 valence electrons. The molecule has 0 spiro atoms. The van der Waals surface area contributed by atoms with E-state index < -0.39 is 24.0 Å². The summed E-state index contributed by atoms with van der Waals surface area (Å²) < 4.78 is 43.6. The second-order valence-corrected chi connectivity index (χ2v) is 9.44. The maximum atomic E-state index is 12.9. The molecule has 0 aromatic heterocycles. The predicted molar refractivity (Wildman–Crippen MR) is 125 cm³/mol. The summed E-state index contributed by atoms with van der Waals surface area (Å²) in [6.07, 6.45) is -2.64. The van der Waals surface area contributed by atoms with Crippen molar-refractivity contribution in [2.75, 3.05) is 19.7 Å². The molecule has 1 fully saturated rings. The van der Waals surface area contributed by atoms with Crippen LogP contribution in [-0.4, -0.2) is 47.8 Å². The Bertz CT molecular complexity index is 1130. The summed E-state index contributed by atoms with van der Waals surface area (Å²) in [5.74, 6) is -2.54. The molecular weight excluding hydrogens is 506 g/mol. The van der Waals surface area contributed by atoms with Gasteiger partial charge in [-0.05, 0) is 66.3 Å². The van der Waals surface area contributed by atoms with Crippen LogP contribution in [0.1, 0.15) is 28.8 Å². The summed E-state index contributed by atoms with van der Waals surface area (Å²) in [5, 5.41) is 9.86. The van der Waals surface area contributed by atoms with E-state index in [0.717, 1.165) is 5.56 Å². The Kier molecular flexibility index (Phi) is 7.45. The van der Waals surface area contributed by atoms with Crippen LogP contribution in [0.15, 0.2) is 48.2 Å². The van der Waals surface area contributed by atoms with E-state index in [-0.39, 0.29) is 50.6 Å². The molecule has 2 aromatic carbocycles. The van der Waals surface area contributed by atoms with Crippen molar-refractivity contribution in [3.05, 3.63) is 69.4 Å². The zero-order chi connectivity index (χ0) is 25.3. The Balaban J connectivity index is 1.45. The monoisotopic (exact) mass is 527 g/mol. The number of carbonyl (C=O) groups is 2. The van der Waals surface area contributed by atoms with E-state index in [1.165, 1.54) is 4.90 Å². The van der Waals surface area contributed by atoms with Crippen LogP contribution in [-0.2, 0) is 16.0 Å². The van der Waals surface area contributed by atoms with Gasteiger partial charge in [-0.1, -0.05) is 35.3 Å². The lowest BCUT2D eigenvalue weighted by Crippen LogP contribution is -2.42. The number of cyclic esters (lactones) is 1. The second-order valence-electron chi connectivity index (χ2n) is 8.63. The minimum absolute atomic E-state index is 0.0704. The number of esters is 1. The highest BCUT2D eigenvalue weighted by Gasteiger charge is 2.41. The van der Waals surface area contributed by atoms with Crippen LogP contribution in [0.3, 0.4) is 0 Å². The summed E-state index contributed by atoms with van der Waals surface area (Å²) in [6.45, 7) is -0.227. The molecule has 0 saturated carbocycles. The molecule has 35 heavy (non-hydrogen) atoms. The minimum atomic E-state index is -4.23. The Morgan fingerprint density at radius 1 is 1.06 bits per heavy atom. The third-order valence-electron chi connectivity index (χ3n) is 6.35. The Morgan fingerprint density at radius 3 is 2.17 bits per heavy atom. The van der Waals surface area contributed by atoms with Gasteiger partial charge >= 0.3 is 12.1 Å². The number of ether oxygens (including phenoxy) is 1. The number of rotatable bonds is 5. The van der Waals surface area contributed by atoms with Gasteiger partial charge in [0.15, 0.2) is 0 Å². The van der Waals surface area contributed by atoms with Gasteiger partial charge in [0.05, 0.1) is 11.8 Å². The van der Waals surface area contributed by atoms with Crippen LogP contribution in [0.5, 0.6) is 0 Å². The Hall–Kier alpha value is -2.55. The van der Waals surface area contributed by atoms with Crippen LogP contribution in [0.25, 0.3) is 11.1 Å². The fourth-order valence-electron chi connectivity index (χ4n) is 4.34. The van der Waals surface area contributed by atoms with Crippen LogP contribution in [0.4, 0.5) is 13.2 Å². The average Bonchev–Trinajstić information content (AvgIpc) is 3.19. The van der Waals surface area contributed by atoms with Crippen molar-refractivity contribution >= 4 is 35.1 Å². The maximum Gasteiger partial charge on any atom is 0.391 e. The number of amides is 1. The molecule has 1 saturated heterocycles. The molecule has 0 radical (unpaired) electrons. The van der Waals surface area contributed by atoms with Crippen molar-refractivity contribution < 1.29 is 32.6 Å². The molecule has 10 heteroatoms. The molecule has 2 heterocycles. The van der Waals surface area contributed by atoms with E-state index in [9.17, 15) is 22.8 Å². The molecule has 1 N–H and O–H groups in total. The number of carbonyl (C=O) groups excluding carboxylic acids is 2. The van der Waals surface area contributed by atoms with Crippen molar-refractivity contribution in [1.82, 2.24) is 4.90 Å². The number of nitrogens with zero attached hydrogens (tertiary/aromatic N) is 1. The Morgan fingerprint density at radius 2 is 1.66 bits per heavy atom. The van der Waals surface area contributed by atoms with Gasteiger partial charge in [0.1, 0.15) is 12.4 Å². The highest BCUT2D eigenvalue weighted by atomic mass is 35.5. The first-order valence-electron chi connectivity index (χ1n) is 11.0. The molecular formula is C25H22Cl2F3NO4. The number of alkyl halides is 3. The van der Waals surface area contributed by atoms with E-state index in [0.29, 0.717) is 26.7 Å². The highest BCUT2D eigenvalue weighted by Crippen LogP contribution is 2.36. The number of halogens is 5. The Labute approximate surface area is 210 Å². The van der Waals surface area contributed by atoms with E-state index in [1.807, 2.05) is 0 Å². The summed E-state index contributed by atoms with van der Waals surface area (Å²) in [6, 6.07) is 10.1. The number of piperidine rings is 1. The predicted octanol–water partition coefficient (Wildman–Crippen LogP) is 5.67. The summed E-state index contributed by atoms with van der Waals surface area (Å²) >= 11 is 12.9. The fourth-order valence-corrected chi connectivity index (χ4v) is 4.98. The molecule has 1 amide bonds. The van der Waals surface area contributed by atoms with E-state index >= 15 is 0 Å². The quantitative estimate of drug-likeness (QED) is 0.509. The van der Waals surface area contributed by atoms with Crippen LogP contribution in [0, 0.1) is 11.8 Å². The first kappa shape index (κ1) is 25.5. The third kappa shape index (κ3) is 5.66. The molecule has 2 aliphatic rings. The molecule has 0 unspecified atom stereocenters. The number of hydrogen-bond donors (Lipinski definition) is 1. The largest absolute Gasteiger partial charge is 0.428 e. The lowest BCUT2D eigenvalue weighted by molar-refractivity contribution is -0.183. The van der Waals surface area contributed by atoms with Gasteiger partial charge < -0.3 is 14.7 Å². The molecule has 0 aliphatic carbocycles. The molecule has 0 bridgehead atoms. The topological polar surface area (TPSA) is 66.8 Å². The number of likely N-dealkylation sites (tertiary alicyclic amines) is 1. The fraction of sp³-hybridized carbons (Fsp3) is 0.360. The zero-order valence-electron chi connectivity index (χ0n) is 18.4. The van der Waals surface area contributed by atoms with Gasteiger partial charge in [-0.25, -0.2) is 0 Å². The maximum absolute atomic E-state index is 12.9. The van der Waals surface area contributed by atoms with E-state index in [4.69, 9.17) is 33.0 Å². The van der Waals surface area contributed by atoms with Gasteiger partial charge in [-0.3, -0.25) is 9.59 Å². The van der Waals surface area contributed by atoms with Crippen LogP contribution < -0.4 is 0 Å². The van der Waals surface area contributed by atoms with Crippen LogP contribution >= 0.6 is 23.2 Å². The number of benzene rings is 2. The van der Waals surface area contributed by atoms with Gasteiger partial charge in [0, 0.05) is 28.7 Å². The number of aliphatic hydroxyl groups excluding tert-OH is 1. The van der Waals surface area contributed by atoms with Crippen molar-refractivity contribution in [3.8, 4) is 11.1 Å². The lowest BCUT2D eigenvalue weighted by Gasteiger charge is -2.33. The lowest BCUT2D eigenvalue weighted by atomic mass is 9.95. The SMILES string of the molecule is O=C1OC(CO)=C[C@H]1Cc1c(Cl)cc(-c2ccc(C(=O)N3CCC(C(F)(F)F)CC3)cc2)cc1Cl. The van der Waals surface area contributed by atoms with Gasteiger partial charge in [-0.15, -0.1) is 0 Å². The second kappa shape index (κ2) is 10.2. The van der Waals surface area contributed by atoms with E-state index in [2.05, 4.69) is 0 Å². The van der Waals surface area contributed by atoms with Gasteiger partial charge in [-0.2, -0.15) is 13.2 Å². The molecule has 1 atom stereocenters. The summed E-state index contributed by atoms with van der Waals surface area (Å²) in [4.78, 5) is 26.2. The van der Waals surface area contributed by atoms with Gasteiger partial charge in [0.2, 0.25) is 0 Å². The smallest absolute Gasteiger partial charge is 0.391 e. The highest BCUT2D eigenvalue weighted by molar-refractivity contribution is 6.36. The molecule has 5 nitrogen and oxygen atoms in total. The number of hydrogen-bond acceptors (Lipinski definition) is 4. The van der Waals surface area contributed by atoms with Crippen molar-refractivity contribution in [3.63, 3.8) is 0 Å².